The Morgan fingerprint density at radius 1 is 1.33 bits per heavy atom. The van der Waals surface area contributed by atoms with Gasteiger partial charge in [0.2, 0.25) is 10.0 Å². The summed E-state index contributed by atoms with van der Waals surface area (Å²) in [7, 11) is -1.70. The number of nitrogens with one attached hydrogen (secondary N) is 1. The molecule has 0 aromatic heterocycles. The molecule has 5 heteroatoms. The Labute approximate surface area is 74.4 Å². The fraction of sp³-hybridized carbons (Fsp3) is 1.00. The number of ether oxygens (including phenoxy) is 1. The van der Waals surface area contributed by atoms with Crippen LogP contribution in [0.25, 0.3) is 0 Å². The van der Waals surface area contributed by atoms with E-state index in [1.807, 2.05) is 0 Å². The van der Waals surface area contributed by atoms with Crippen LogP contribution >= 0.6 is 0 Å². The highest BCUT2D eigenvalue weighted by molar-refractivity contribution is 7.89. The van der Waals surface area contributed by atoms with Gasteiger partial charge in [-0.15, -0.1) is 0 Å². The molecule has 0 spiro atoms. The van der Waals surface area contributed by atoms with Gasteiger partial charge >= 0.3 is 0 Å². The van der Waals surface area contributed by atoms with E-state index >= 15 is 0 Å². The standard InChI is InChI=1S/C7H17NO3S/c1-7(2,3)8-12(9,10)6-5-11-4/h8H,5-6H2,1-4H3. The van der Waals surface area contributed by atoms with Gasteiger partial charge in [-0.2, -0.15) is 0 Å². The Balaban J connectivity index is 4.06. The van der Waals surface area contributed by atoms with Crippen LogP contribution in [-0.2, 0) is 14.8 Å². The van der Waals surface area contributed by atoms with E-state index in [0.717, 1.165) is 0 Å². The molecule has 0 atom stereocenters. The maximum atomic E-state index is 11.2. The Morgan fingerprint density at radius 3 is 2.17 bits per heavy atom. The molecule has 0 amide bonds. The first kappa shape index (κ1) is 11.9. The molecule has 0 saturated heterocycles. The van der Waals surface area contributed by atoms with Gasteiger partial charge in [-0.25, -0.2) is 13.1 Å². The maximum absolute atomic E-state index is 11.2. The molecule has 12 heavy (non-hydrogen) atoms. The lowest BCUT2D eigenvalue weighted by molar-refractivity contribution is 0.216. The van der Waals surface area contributed by atoms with Gasteiger partial charge in [-0.1, -0.05) is 0 Å². The predicted molar refractivity (Wildman–Crippen MR) is 48.6 cm³/mol. The van der Waals surface area contributed by atoms with E-state index in [1.165, 1.54) is 7.11 Å². The fourth-order valence-corrected chi connectivity index (χ4v) is 2.13. The first-order chi connectivity index (χ1) is 5.27. The average molecular weight is 195 g/mol. The van der Waals surface area contributed by atoms with Crippen molar-refractivity contribution in [2.45, 2.75) is 26.3 Å². The smallest absolute Gasteiger partial charge is 0.214 e. The predicted octanol–water partition coefficient (Wildman–Crippen LogP) is 0.351. The van der Waals surface area contributed by atoms with Crippen LogP contribution in [0.4, 0.5) is 0 Å². The van der Waals surface area contributed by atoms with Crippen molar-refractivity contribution in [2.75, 3.05) is 19.5 Å². The summed E-state index contributed by atoms with van der Waals surface area (Å²) in [6.45, 7) is 5.64. The monoisotopic (exact) mass is 195 g/mol. The third-order valence-electron chi connectivity index (χ3n) is 1.02. The van der Waals surface area contributed by atoms with E-state index in [-0.39, 0.29) is 12.4 Å². The van der Waals surface area contributed by atoms with Gasteiger partial charge in [0.05, 0.1) is 12.4 Å². The fourth-order valence-electron chi connectivity index (χ4n) is 0.711. The van der Waals surface area contributed by atoms with Crippen molar-refractivity contribution >= 4 is 10.0 Å². The second-order valence-corrected chi connectivity index (χ2v) is 5.51. The summed E-state index contributed by atoms with van der Waals surface area (Å²) in [5, 5.41) is 0. The highest BCUT2D eigenvalue weighted by Gasteiger charge is 2.18. The number of hydrogen-bond acceptors (Lipinski definition) is 3. The molecular formula is C7H17NO3S. The van der Waals surface area contributed by atoms with Crippen molar-refractivity contribution < 1.29 is 13.2 Å². The van der Waals surface area contributed by atoms with Gasteiger partial charge in [-0.05, 0) is 20.8 Å². The van der Waals surface area contributed by atoms with Crippen LogP contribution in [0.2, 0.25) is 0 Å². The van der Waals surface area contributed by atoms with Crippen LogP contribution in [0.15, 0.2) is 0 Å². The van der Waals surface area contributed by atoms with Gasteiger partial charge < -0.3 is 4.74 Å². The van der Waals surface area contributed by atoms with Crippen molar-refractivity contribution in [3.63, 3.8) is 0 Å². The second-order valence-electron chi connectivity index (χ2n) is 3.66. The molecular weight excluding hydrogens is 178 g/mol. The normalized spacial score (nSPS) is 13.3. The molecule has 0 aliphatic heterocycles. The van der Waals surface area contributed by atoms with Crippen LogP contribution < -0.4 is 4.72 Å². The Bertz CT molecular complexity index is 215. The lowest BCUT2D eigenvalue weighted by Gasteiger charge is -2.19. The summed E-state index contributed by atoms with van der Waals surface area (Å²) in [6, 6.07) is 0. The molecule has 0 aliphatic rings. The lowest BCUT2D eigenvalue weighted by Crippen LogP contribution is -2.42. The number of sulfonamides is 1. The Kier molecular flexibility index (Phi) is 4.16. The molecule has 0 unspecified atom stereocenters. The van der Waals surface area contributed by atoms with Gasteiger partial charge in [0.15, 0.2) is 0 Å². The Morgan fingerprint density at radius 2 is 1.83 bits per heavy atom. The zero-order valence-corrected chi connectivity index (χ0v) is 8.86. The molecule has 74 valence electrons. The second kappa shape index (κ2) is 4.20. The van der Waals surface area contributed by atoms with E-state index in [2.05, 4.69) is 9.46 Å². The molecule has 0 saturated carbocycles. The number of methoxy groups -OCH3 is 1. The lowest BCUT2D eigenvalue weighted by atomic mass is 10.1. The topological polar surface area (TPSA) is 55.4 Å². The summed E-state index contributed by atoms with van der Waals surface area (Å²) in [5.74, 6) is 0.0147. The highest BCUT2D eigenvalue weighted by atomic mass is 32.2. The molecule has 0 heterocycles. The quantitative estimate of drug-likeness (QED) is 0.704. The van der Waals surface area contributed by atoms with Gasteiger partial charge in [0.25, 0.3) is 0 Å². The molecule has 4 nitrogen and oxygen atoms in total. The van der Waals surface area contributed by atoms with Crippen molar-refractivity contribution in [3.8, 4) is 0 Å². The molecule has 0 fully saturated rings. The van der Waals surface area contributed by atoms with Gasteiger partial charge in [0, 0.05) is 12.6 Å². The highest BCUT2D eigenvalue weighted by Crippen LogP contribution is 2.01. The third-order valence-corrected chi connectivity index (χ3v) is 2.65. The summed E-state index contributed by atoms with van der Waals surface area (Å²) >= 11 is 0. The molecule has 1 N–H and O–H groups in total. The van der Waals surface area contributed by atoms with Crippen molar-refractivity contribution in [1.29, 1.82) is 0 Å². The number of rotatable bonds is 4. The molecule has 0 aromatic carbocycles. The summed E-state index contributed by atoms with van der Waals surface area (Å²) in [5.41, 5.74) is -0.410. The largest absolute Gasteiger partial charge is 0.384 e. The molecule has 0 aliphatic carbocycles. The van der Waals surface area contributed by atoms with Crippen LogP contribution in [-0.4, -0.2) is 33.4 Å². The summed E-state index contributed by atoms with van der Waals surface area (Å²) < 4.78 is 29.6. The van der Waals surface area contributed by atoms with E-state index < -0.39 is 15.6 Å². The van der Waals surface area contributed by atoms with E-state index in [9.17, 15) is 8.42 Å². The minimum absolute atomic E-state index is 0.0147. The summed E-state index contributed by atoms with van der Waals surface area (Å²) in [4.78, 5) is 0. The maximum Gasteiger partial charge on any atom is 0.214 e. The molecule has 0 rings (SSSR count). The number of hydrogen-bond donors (Lipinski definition) is 1. The van der Waals surface area contributed by atoms with Crippen molar-refractivity contribution in [1.82, 2.24) is 4.72 Å². The van der Waals surface area contributed by atoms with Crippen LogP contribution in [0, 0.1) is 0 Å². The zero-order chi connectivity index (χ0) is 9.83. The SMILES string of the molecule is COCCS(=O)(=O)NC(C)(C)C. The van der Waals surface area contributed by atoms with Crippen molar-refractivity contribution in [3.05, 3.63) is 0 Å². The minimum Gasteiger partial charge on any atom is -0.384 e. The first-order valence-electron chi connectivity index (χ1n) is 3.77. The van der Waals surface area contributed by atoms with Crippen LogP contribution in [0.1, 0.15) is 20.8 Å². The van der Waals surface area contributed by atoms with E-state index in [4.69, 9.17) is 0 Å². The minimum atomic E-state index is -3.18. The van der Waals surface area contributed by atoms with E-state index in [1.54, 1.807) is 20.8 Å². The average Bonchev–Trinajstić information content (AvgIpc) is 1.78. The zero-order valence-electron chi connectivity index (χ0n) is 8.05. The van der Waals surface area contributed by atoms with Crippen LogP contribution in [0.5, 0.6) is 0 Å². The molecule has 0 radical (unpaired) electrons. The van der Waals surface area contributed by atoms with Crippen LogP contribution in [0.3, 0.4) is 0 Å². The molecule has 0 bridgehead atoms. The molecule has 0 aromatic rings. The van der Waals surface area contributed by atoms with Gasteiger partial charge in [0.1, 0.15) is 0 Å². The summed E-state index contributed by atoms with van der Waals surface area (Å²) in [6.07, 6.45) is 0. The van der Waals surface area contributed by atoms with E-state index in [0.29, 0.717) is 0 Å². The Hall–Kier alpha value is -0.130. The third kappa shape index (κ3) is 6.57. The first-order valence-corrected chi connectivity index (χ1v) is 5.43. The van der Waals surface area contributed by atoms with Crippen molar-refractivity contribution in [2.24, 2.45) is 0 Å². The van der Waals surface area contributed by atoms with Gasteiger partial charge in [-0.3, -0.25) is 0 Å².